The molecule has 0 aromatic heterocycles. The lowest BCUT2D eigenvalue weighted by atomic mass is 9.95. The number of aliphatic carboxylic acids is 1. The summed E-state index contributed by atoms with van der Waals surface area (Å²) in [5.41, 5.74) is -0.834. The molecule has 0 saturated carbocycles. The molecule has 1 aliphatic carbocycles. The molecule has 2 aliphatic heterocycles. The third-order valence-electron chi connectivity index (χ3n) is 6.43. The second-order valence-corrected chi connectivity index (χ2v) is 11.3. The van der Waals surface area contributed by atoms with Crippen molar-refractivity contribution < 1.29 is 44.4 Å². The van der Waals surface area contributed by atoms with Crippen LogP contribution in [0.4, 0.5) is 0 Å². The zero-order valence-corrected chi connectivity index (χ0v) is 21.6. The first-order valence-electron chi connectivity index (χ1n) is 11.8. The van der Waals surface area contributed by atoms with Gasteiger partial charge in [-0.2, -0.15) is 0 Å². The Labute approximate surface area is 226 Å². The number of phenolic OH excluding ortho intramolecular Hbond substituents is 1. The summed E-state index contributed by atoms with van der Waals surface area (Å²) >= 11 is 1.23. The van der Waals surface area contributed by atoms with Gasteiger partial charge in [-0.1, -0.05) is 12.1 Å². The maximum atomic E-state index is 13.5. The van der Waals surface area contributed by atoms with Crippen molar-refractivity contribution in [2.45, 2.75) is 42.1 Å². The molecule has 4 atom stereocenters. The van der Waals surface area contributed by atoms with Crippen LogP contribution in [0.5, 0.6) is 5.75 Å². The fourth-order valence-electron chi connectivity index (χ4n) is 4.62. The van der Waals surface area contributed by atoms with Crippen molar-refractivity contribution in [3.8, 4) is 5.75 Å². The van der Waals surface area contributed by atoms with E-state index in [0.29, 0.717) is 0 Å². The number of aliphatic imine (C=N–C) groups is 1. The third-order valence-corrected chi connectivity index (χ3v) is 8.00. The summed E-state index contributed by atoms with van der Waals surface area (Å²) in [5.74, 6) is -4.96. The number of carboxylic acids is 1. The van der Waals surface area contributed by atoms with E-state index in [2.05, 4.69) is 15.6 Å². The van der Waals surface area contributed by atoms with Gasteiger partial charge in [0.05, 0.1) is 6.61 Å². The third kappa shape index (κ3) is 5.12. The molecule has 39 heavy (non-hydrogen) atoms. The minimum absolute atomic E-state index is 0.113. The second-order valence-electron chi connectivity index (χ2n) is 9.49. The molecule has 0 unspecified atom stereocenters. The zero-order chi connectivity index (χ0) is 28.6. The van der Waals surface area contributed by atoms with Gasteiger partial charge < -0.3 is 36.0 Å². The summed E-state index contributed by atoms with van der Waals surface area (Å²) in [6, 6.07) is 1.65. The highest BCUT2D eigenvalue weighted by Gasteiger charge is 2.64. The van der Waals surface area contributed by atoms with E-state index in [4.69, 9.17) is 5.11 Å². The SMILES string of the molecule is CC1(C)S[C@@H]2[C@H](NC(=O)[C@H](N=C3C(=O)C=CC(O)=C3C(=O)NCCO)c3ccc(O)cc3)C(=O)N2[C@H]1C(=O)O. The number of ketones is 1. The smallest absolute Gasteiger partial charge is 0.327 e. The first-order chi connectivity index (χ1) is 18.4. The van der Waals surface area contributed by atoms with E-state index in [1.165, 1.54) is 40.9 Å². The van der Waals surface area contributed by atoms with Crippen LogP contribution in [0, 0.1) is 0 Å². The maximum Gasteiger partial charge on any atom is 0.327 e. The number of hydrogen-bond acceptors (Lipinski definition) is 10. The number of thioether (sulfide) groups is 1. The van der Waals surface area contributed by atoms with E-state index in [-0.39, 0.29) is 17.9 Å². The molecule has 1 aromatic carbocycles. The number of aromatic hydroxyl groups is 1. The Bertz CT molecular complexity index is 1340. The number of fused-ring (bicyclic) bond motifs is 1. The quantitative estimate of drug-likeness (QED) is 0.179. The van der Waals surface area contributed by atoms with Gasteiger partial charge in [0.25, 0.3) is 5.91 Å². The predicted molar refractivity (Wildman–Crippen MR) is 138 cm³/mol. The van der Waals surface area contributed by atoms with Crippen LogP contribution in [-0.4, -0.2) is 95.9 Å². The number of nitrogens with one attached hydrogen (secondary N) is 2. The molecule has 2 fully saturated rings. The molecular weight excluding hydrogens is 532 g/mol. The van der Waals surface area contributed by atoms with E-state index >= 15 is 0 Å². The fraction of sp³-hybridized carbons (Fsp3) is 0.360. The van der Waals surface area contributed by atoms with E-state index in [9.17, 15) is 39.3 Å². The molecule has 0 bridgehead atoms. The number of phenols is 1. The molecular formula is C25H26N4O9S. The number of benzene rings is 1. The molecule has 0 spiro atoms. The summed E-state index contributed by atoms with van der Waals surface area (Å²) in [7, 11) is 0. The van der Waals surface area contributed by atoms with E-state index in [1.54, 1.807) is 13.8 Å². The highest BCUT2D eigenvalue weighted by atomic mass is 32.2. The fourth-order valence-corrected chi connectivity index (χ4v) is 6.24. The molecule has 3 aliphatic rings. The van der Waals surface area contributed by atoms with Gasteiger partial charge in [0.15, 0.2) is 6.04 Å². The van der Waals surface area contributed by atoms with Crippen molar-refractivity contribution in [3.05, 3.63) is 53.3 Å². The van der Waals surface area contributed by atoms with Crippen LogP contribution in [0.25, 0.3) is 0 Å². The minimum Gasteiger partial charge on any atom is -0.508 e. The number of β-lactam (4-membered cyclic amide) rings is 1. The molecule has 13 nitrogen and oxygen atoms in total. The predicted octanol–water partition coefficient (Wildman–Crippen LogP) is -0.434. The van der Waals surface area contributed by atoms with Crippen molar-refractivity contribution >= 4 is 46.9 Å². The van der Waals surface area contributed by atoms with Crippen molar-refractivity contribution in [2.24, 2.45) is 4.99 Å². The maximum absolute atomic E-state index is 13.5. The van der Waals surface area contributed by atoms with Crippen molar-refractivity contribution in [1.29, 1.82) is 0 Å². The lowest BCUT2D eigenvalue weighted by Crippen LogP contribution is -2.70. The van der Waals surface area contributed by atoms with Gasteiger partial charge in [0, 0.05) is 11.3 Å². The summed E-state index contributed by atoms with van der Waals surface area (Å²) in [6.07, 6.45) is 1.98. The van der Waals surface area contributed by atoms with Crippen LogP contribution < -0.4 is 10.6 Å². The Morgan fingerprint density at radius 2 is 1.79 bits per heavy atom. The van der Waals surface area contributed by atoms with Gasteiger partial charge >= 0.3 is 5.97 Å². The molecule has 2 heterocycles. The lowest BCUT2D eigenvalue weighted by molar-refractivity contribution is -0.161. The monoisotopic (exact) mass is 558 g/mol. The van der Waals surface area contributed by atoms with Crippen LogP contribution >= 0.6 is 11.8 Å². The van der Waals surface area contributed by atoms with Crippen LogP contribution in [0.3, 0.4) is 0 Å². The summed E-state index contributed by atoms with van der Waals surface area (Å²) in [4.78, 5) is 69.1. The standard InChI is InChI=1S/C25H26N4O9S/c1-25(2)19(24(37)38)29-22(36)18(23(29)39-25)28-21(35)16(11-3-5-12(31)6-4-11)27-17-14(33)8-7-13(32)15(17)20(34)26-9-10-30/h3-8,16,18-19,23,30-32H,9-10H2,1-2H3,(H,26,34)(H,28,35)(H,37,38)/t16-,18-,19+,23-/m1/s1. The Hall–Kier alpha value is -4.17. The molecule has 2 saturated heterocycles. The topological polar surface area (TPSA) is 206 Å². The normalized spacial score (nSPS) is 25.3. The molecule has 0 radical (unpaired) electrons. The highest BCUT2D eigenvalue weighted by molar-refractivity contribution is 8.01. The highest BCUT2D eigenvalue weighted by Crippen LogP contribution is 2.50. The number of carboxylic acid groups (broad SMARTS) is 1. The second kappa shape index (κ2) is 10.5. The Balaban J connectivity index is 1.68. The minimum atomic E-state index is -1.50. The van der Waals surface area contributed by atoms with Gasteiger partial charge in [-0.3, -0.25) is 24.2 Å². The number of amides is 3. The van der Waals surface area contributed by atoms with Crippen LogP contribution in [0.1, 0.15) is 25.5 Å². The zero-order valence-electron chi connectivity index (χ0n) is 20.8. The lowest BCUT2D eigenvalue weighted by Gasteiger charge is -2.43. The number of carbonyl (C=O) groups excluding carboxylic acids is 4. The average Bonchev–Trinajstić information content (AvgIpc) is 3.14. The Morgan fingerprint density at radius 1 is 1.13 bits per heavy atom. The summed E-state index contributed by atoms with van der Waals surface area (Å²) in [6.45, 7) is 2.81. The molecule has 1 aromatic rings. The van der Waals surface area contributed by atoms with Crippen LogP contribution in [-0.2, 0) is 24.0 Å². The van der Waals surface area contributed by atoms with Gasteiger partial charge in [-0.25, -0.2) is 4.79 Å². The van der Waals surface area contributed by atoms with Crippen LogP contribution in [0.2, 0.25) is 0 Å². The largest absolute Gasteiger partial charge is 0.508 e. The number of rotatable bonds is 8. The van der Waals surface area contributed by atoms with E-state index in [0.717, 1.165) is 12.2 Å². The summed E-state index contributed by atoms with van der Waals surface area (Å²) < 4.78 is -0.817. The first-order valence-corrected chi connectivity index (χ1v) is 12.7. The van der Waals surface area contributed by atoms with Crippen molar-refractivity contribution in [1.82, 2.24) is 15.5 Å². The number of nitrogens with zero attached hydrogens (tertiary/aromatic N) is 2. The van der Waals surface area contributed by atoms with Gasteiger partial charge in [-0.05, 0) is 43.7 Å². The van der Waals surface area contributed by atoms with Gasteiger partial charge in [0.1, 0.15) is 40.3 Å². The van der Waals surface area contributed by atoms with Crippen molar-refractivity contribution in [2.75, 3.05) is 13.2 Å². The molecule has 14 heteroatoms. The molecule has 3 amide bonds. The number of hydrogen-bond donors (Lipinski definition) is 6. The van der Waals surface area contributed by atoms with Crippen molar-refractivity contribution in [3.63, 3.8) is 0 Å². The number of allylic oxidation sites excluding steroid dienone is 2. The van der Waals surface area contributed by atoms with Gasteiger partial charge in [-0.15, -0.1) is 11.8 Å². The molecule has 206 valence electrons. The first kappa shape index (κ1) is 27.9. The Kier molecular flexibility index (Phi) is 7.52. The van der Waals surface area contributed by atoms with Gasteiger partial charge in [0.2, 0.25) is 17.6 Å². The molecule has 4 rings (SSSR count). The number of aliphatic hydroxyl groups is 2. The summed E-state index contributed by atoms with van der Waals surface area (Å²) in [5, 5.41) is 43.0. The van der Waals surface area contributed by atoms with E-state index < -0.39 is 81.4 Å². The van der Waals surface area contributed by atoms with E-state index in [1.807, 2.05) is 0 Å². The van der Waals surface area contributed by atoms with Crippen LogP contribution in [0.15, 0.2) is 52.7 Å². The number of carbonyl (C=O) groups is 5. The Morgan fingerprint density at radius 3 is 2.41 bits per heavy atom. The molecule has 6 N–H and O–H groups in total. The number of aliphatic hydroxyl groups excluding tert-OH is 2. The average molecular weight is 559 g/mol.